The van der Waals surface area contributed by atoms with Crippen LogP contribution in [0.4, 0.5) is 10.5 Å². The molecule has 6 nitrogen and oxygen atoms in total. The molecule has 0 spiro atoms. The minimum atomic E-state index is -0.675. The molecule has 0 aliphatic carbocycles. The van der Waals surface area contributed by atoms with E-state index in [-0.39, 0.29) is 23.0 Å². The van der Waals surface area contributed by atoms with E-state index in [9.17, 15) is 14.4 Å². The summed E-state index contributed by atoms with van der Waals surface area (Å²) in [5, 5.41) is 5.61. The summed E-state index contributed by atoms with van der Waals surface area (Å²) >= 11 is 1.12. The zero-order valence-electron chi connectivity index (χ0n) is 17.4. The highest BCUT2D eigenvalue weighted by Crippen LogP contribution is 2.22. The van der Waals surface area contributed by atoms with Gasteiger partial charge in [0, 0.05) is 30.2 Å². The fourth-order valence-corrected chi connectivity index (χ4v) is 3.26. The number of hydrogen-bond acceptors (Lipinski definition) is 4. The molecular formula is C22H27N3O3S. The summed E-state index contributed by atoms with van der Waals surface area (Å²) in [7, 11) is 3.39. The maximum absolute atomic E-state index is 12.8. The van der Waals surface area contributed by atoms with Crippen LogP contribution in [0.3, 0.4) is 0 Å². The highest BCUT2D eigenvalue weighted by atomic mass is 32.2. The van der Waals surface area contributed by atoms with E-state index in [4.69, 9.17) is 0 Å². The number of benzene rings is 2. The van der Waals surface area contributed by atoms with Gasteiger partial charge in [-0.25, -0.2) is 0 Å². The first kappa shape index (κ1) is 22.5. The molecule has 0 saturated heterocycles. The van der Waals surface area contributed by atoms with Crippen LogP contribution in [0.5, 0.6) is 0 Å². The van der Waals surface area contributed by atoms with Crippen LogP contribution in [0.2, 0.25) is 0 Å². The first-order chi connectivity index (χ1) is 13.7. The second kappa shape index (κ2) is 10.1. The van der Waals surface area contributed by atoms with Crippen LogP contribution in [0, 0.1) is 12.8 Å². The predicted molar refractivity (Wildman–Crippen MR) is 117 cm³/mol. The smallest absolute Gasteiger partial charge is 0.285 e. The molecule has 29 heavy (non-hydrogen) atoms. The van der Waals surface area contributed by atoms with Gasteiger partial charge in [0.05, 0.1) is 0 Å². The lowest BCUT2D eigenvalue weighted by Crippen LogP contribution is -2.47. The number of aryl methyl sites for hydroxylation is 1. The van der Waals surface area contributed by atoms with Gasteiger partial charge in [0.15, 0.2) is 0 Å². The predicted octanol–water partition coefficient (Wildman–Crippen LogP) is 4.16. The lowest BCUT2D eigenvalue weighted by molar-refractivity contribution is -0.118. The minimum Gasteiger partial charge on any atom is -0.340 e. The van der Waals surface area contributed by atoms with E-state index in [2.05, 4.69) is 10.6 Å². The third kappa shape index (κ3) is 6.35. The molecular weight excluding hydrogens is 386 g/mol. The van der Waals surface area contributed by atoms with Crippen LogP contribution in [0.25, 0.3) is 0 Å². The highest BCUT2D eigenvalue weighted by Gasteiger charge is 2.25. The molecule has 0 heterocycles. The van der Waals surface area contributed by atoms with Crippen molar-refractivity contribution in [3.63, 3.8) is 0 Å². The molecule has 0 bridgehead atoms. The van der Waals surface area contributed by atoms with Gasteiger partial charge in [-0.05, 0) is 60.5 Å². The molecule has 0 fully saturated rings. The van der Waals surface area contributed by atoms with Crippen molar-refractivity contribution in [1.29, 1.82) is 0 Å². The summed E-state index contributed by atoms with van der Waals surface area (Å²) in [5.41, 5.74) is 2.01. The summed E-state index contributed by atoms with van der Waals surface area (Å²) in [5.74, 6) is -0.645. The molecule has 1 atom stereocenters. The van der Waals surface area contributed by atoms with E-state index in [1.165, 1.54) is 4.90 Å². The van der Waals surface area contributed by atoms with Gasteiger partial charge >= 0.3 is 0 Å². The quantitative estimate of drug-likeness (QED) is 0.697. The first-order valence-electron chi connectivity index (χ1n) is 9.35. The van der Waals surface area contributed by atoms with E-state index < -0.39 is 6.04 Å². The Bertz CT molecular complexity index is 879. The van der Waals surface area contributed by atoms with Gasteiger partial charge in [-0.15, -0.1) is 0 Å². The third-order valence-electron chi connectivity index (χ3n) is 4.32. The normalized spacial score (nSPS) is 11.7. The molecule has 3 amide bonds. The SMILES string of the molecule is Cc1ccccc1C(=O)NC(C(=O)Nc1ccc(SC(=O)N(C)C)cc1)C(C)C. The second-order valence-corrected chi connectivity index (χ2v) is 8.31. The van der Waals surface area contributed by atoms with Crippen molar-refractivity contribution < 1.29 is 14.4 Å². The van der Waals surface area contributed by atoms with E-state index >= 15 is 0 Å². The van der Waals surface area contributed by atoms with Crippen molar-refractivity contribution in [3.05, 3.63) is 59.7 Å². The van der Waals surface area contributed by atoms with Gasteiger partial charge in [-0.2, -0.15) is 0 Å². The Morgan fingerprint density at radius 2 is 1.59 bits per heavy atom. The summed E-state index contributed by atoms with van der Waals surface area (Å²) in [6.45, 7) is 5.63. The molecule has 2 aromatic rings. The number of carbonyl (C=O) groups excluding carboxylic acids is 3. The zero-order chi connectivity index (χ0) is 21.6. The minimum absolute atomic E-state index is 0.0689. The van der Waals surface area contributed by atoms with E-state index in [1.807, 2.05) is 32.9 Å². The number of nitrogens with zero attached hydrogens (tertiary/aromatic N) is 1. The number of thioether (sulfide) groups is 1. The Morgan fingerprint density at radius 3 is 2.14 bits per heavy atom. The maximum atomic E-state index is 12.8. The highest BCUT2D eigenvalue weighted by molar-refractivity contribution is 8.13. The molecule has 0 aliphatic rings. The Labute approximate surface area is 176 Å². The lowest BCUT2D eigenvalue weighted by Gasteiger charge is -2.22. The molecule has 154 valence electrons. The van der Waals surface area contributed by atoms with Crippen molar-refractivity contribution in [2.24, 2.45) is 5.92 Å². The summed E-state index contributed by atoms with van der Waals surface area (Å²) < 4.78 is 0. The van der Waals surface area contributed by atoms with Crippen LogP contribution in [-0.4, -0.2) is 42.1 Å². The zero-order valence-corrected chi connectivity index (χ0v) is 18.2. The first-order valence-corrected chi connectivity index (χ1v) is 10.2. The summed E-state index contributed by atoms with van der Waals surface area (Å²) in [6.07, 6.45) is 0. The number of hydrogen-bond donors (Lipinski definition) is 2. The monoisotopic (exact) mass is 413 g/mol. The van der Waals surface area contributed by atoms with E-state index in [0.29, 0.717) is 11.3 Å². The van der Waals surface area contributed by atoms with Crippen molar-refractivity contribution in [1.82, 2.24) is 10.2 Å². The van der Waals surface area contributed by atoms with Crippen LogP contribution < -0.4 is 10.6 Å². The Balaban J connectivity index is 2.05. The third-order valence-corrected chi connectivity index (χ3v) is 5.37. The number of anilines is 1. The lowest BCUT2D eigenvalue weighted by atomic mass is 10.0. The average Bonchev–Trinajstić information content (AvgIpc) is 2.67. The molecule has 0 radical (unpaired) electrons. The number of nitrogens with one attached hydrogen (secondary N) is 2. The van der Waals surface area contributed by atoms with Crippen LogP contribution in [0.1, 0.15) is 29.8 Å². The molecule has 0 aliphatic heterocycles. The molecule has 1 unspecified atom stereocenters. The summed E-state index contributed by atoms with van der Waals surface area (Å²) in [6, 6.07) is 13.6. The Hall–Kier alpha value is -2.80. The van der Waals surface area contributed by atoms with Gasteiger partial charge < -0.3 is 15.5 Å². The van der Waals surface area contributed by atoms with Gasteiger partial charge in [0.25, 0.3) is 11.1 Å². The number of carbonyl (C=O) groups is 3. The molecule has 0 aromatic heterocycles. The van der Waals surface area contributed by atoms with Gasteiger partial charge in [-0.3, -0.25) is 14.4 Å². The standard InChI is InChI=1S/C22H27N3O3S/c1-14(2)19(24-20(26)18-9-7-6-8-15(18)3)21(27)23-16-10-12-17(13-11-16)29-22(28)25(4)5/h6-14,19H,1-5H3,(H,23,27)(H,24,26). The largest absolute Gasteiger partial charge is 0.340 e. The average molecular weight is 414 g/mol. The molecule has 2 aromatic carbocycles. The van der Waals surface area contributed by atoms with Crippen LogP contribution in [0.15, 0.2) is 53.4 Å². The van der Waals surface area contributed by atoms with E-state index in [1.54, 1.807) is 50.5 Å². The van der Waals surface area contributed by atoms with Gasteiger partial charge in [-0.1, -0.05) is 32.0 Å². The van der Waals surface area contributed by atoms with Gasteiger partial charge in [0.1, 0.15) is 6.04 Å². The number of rotatable bonds is 6. The number of amides is 3. The van der Waals surface area contributed by atoms with Crippen molar-refractivity contribution >= 4 is 34.5 Å². The van der Waals surface area contributed by atoms with E-state index in [0.717, 1.165) is 22.2 Å². The Morgan fingerprint density at radius 1 is 0.966 bits per heavy atom. The van der Waals surface area contributed by atoms with Crippen molar-refractivity contribution in [3.8, 4) is 0 Å². The van der Waals surface area contributed by atoms with Gasteiger partial charge in [0.2, 0.25) is 5.91 Å². The molecule has 2 N–H and O–H groups in total. The van der Waals surface area contributed by atoms with Crippen LogP contribution in [-0.2, 0) is 4.79 Å². The second-order valence-electron chi connectivity index (χ2n) is 7.29. The summed E-state index contributed by atoms with van der Waals surface area (Å²) in [4.78, 5) is 39.4. The van der Waals surface area contributed by atoms with Crippen LogP contribution >= 0.6 is 11.8 Å². The molecule has 7 heteroatoms. The Kier molecular flexibility index (Phi) is 7.84. The topological polar surface area (TPSA) is 78.5 Å². The van der Waals surface area contributed by atoms with Crippen molar-refractivity contribution in [2.45, 2.75) is 31.7 Å². The molecule has 2 rings (SSSR count). The maximum Gasteiger partial charge on any atom is 0.285 e. The van der Waals surface area contributed by atoms with Crippen molar-refractivity contribution in [2.75, 3.05) is 19.4 Å². The molecule has 0 saturated carbocycles. The fraction of sp³-hybridized carbons (Fsp3) is 0.318. The fourth-order valence-electron chi connectivity index (χ4n) is 2.60.